The molecule has 2 aromatic heterocycles. The smallest absolute Gasteiger partial charge is 0.274 e. The molecule has 1 saturated heterocycles. The Morgan fingerprint density at radius 2 is 1.95 bits per heavy atom. The number of piperazine rings is 1. The number of hydrogen-bond acceptors (Lipinski definition) is 3. The Hall–Kier alpha value is -2.30. The largest absolute Gasteiger partial charge is 0.350 e. The Morgan fingerprint density at radius 1 is 1.10 bits per heavy atom. The average molecular weight is 270 g/mol. The van der Waals surface area contributed by atoms with Crippen LogP contribution in [0.4, 0.5) is 5.82 Å². The van der Waals surface area contributed by atoms with Crippen molar-refractivity contribution in [1.29, 1.82) is 0 Å². The van der Waals surface area contributed by atoms with Crippen molar-refractivity contribution in [3.63, 3.8) is 0 Å². The molecule has 3 rings (SSSR count). The van der Waals surface area contributed by atoms with Gasteiger partial charge in [0.15, 0.2) is 0 Å². The van der Waals surface area contributed by atoms with Gasteiger partial charge in [0.05, 0.1) is 31.2 Å². The molecule has 1 fully saturated rings. The standard InChI is InChI=1S/C15H19N5/c1-18-8-4-5-14(18)13-17-20-11-9-19(10-12-20)15-6-2-3-7-16-15/h2-8,13H,9-12H2,1H3/p+1/b17-13-. The summed E-state index contributed by atoms with van der Waals surface area (Å²) in [6.45, 7) is 3.88. The van der Waals surface area contributed by atoms with E-state index < -0.39 is 0 Å². The Labute approximate surface area is 119 Å². The number of anilines is 1. The van der Waals surface area contributed by atoms with Crippen molar-refractivity contribution in [1.82, 2.24) is 9.58 Å². The minimum Gasteiger partial charge on any atom is -0.350 e. The third-order valence-electron chi connectivity index (χ3n) is 3.63. The molecule has 5 nitrogen and oxygen atoms in total. The predicted octanol–water partition coefficient (Wildman–Crippen LogP) is 0.995. The molecule has 0 saturated carbocycles. The number of hydrogen-bond donors (Lipinski definition) is 0. The van der Waals surface area contributed by atoms with Crippen molar-refractivity contribution in [3.05, 3.63) is 48.4 Å². The Balaban J connectivity index is 1.57. The highest BCUT2D eigenvalue weighted by Crippen LogP contribution is 2.10. The number of nitrogens with zero attached hydrogens (tertiary/aromatic N) is 4. The zero-order valence-electron chi connectivity index (χ0n) is 11.7. The third kappa shape index (κ3) is 2.82. The zero-order chi connectivity index (χ0) is 13.8. The summed E-state index contributed by atoms with van der Waals surface area (Å²) in [5.41, 5.74) is 1.13. The van der Waals surface area contributed by atoms with Crippen molar-refractivity contribution >= 4 is 12.0 Å². The van der Waals surface area contributed by atoms with Crippen LogP contribution in [0.25, 0.3) is 0 Å². The first-order valence-electron chi connectivity index (χ1n) is 6.95. The quantitative estimate of drug-likeness (QED) is 0.780. The minimum atomic E-state index is 0.948. The van der Waals surface area contributed by atoms with Gasteiger partial charge in [0.1, 0.15) is 13.1 Å². The van der Waals surface area contributed by atoms with Crippen molar-refractivity contribution in [3.8, 4) is 0 Å². The van der Waals surface area contributed by atoms with Crippen LogP contribution < -0.4 is 9.88 Å². The predicted molar refractivity (Wildman–Crippen MR) is 79.8 cm³/mol. The lowest BCUT2D eigenvalue weighted by atomic mass is 10.3. The molecule has 104 valence electrons. The lowest BCUT2D eigenvalue weighted by Gasteiger charge is -2.28. The van der Waals surface area contributed by atoms with Crippen molar-refractivity contribution < 1.29 is 4.98 Å². The van der Waals surface area contributed by atoms with Crippen LogP contribution in [0.1, 0.15) is 5.69 Å². The summed E-state index contributed by atoms with van der Waals surface area (Å²) in [5.74, 6) is 1.18. The number of pyridine rings is 1. The van der Waals surface area contributed by atoms with E-state index in [4.69, 9.17) is 0 Å². The second kappa shape index (κ2) is 5.77. The van der Waals surface area contributed by atoms with Crippen LogP contribution >= 0.6 is 0 Å². The molecule has 0 atom stereocenters. The van der Waals surface area contributed by atoms with Crippen LogP contribution in [0, 0.1) is 0 Å². The van der Waals surface area contributed by atoms with Crippen LogP contribution in [0.5, 0.6) is 0 Å². The number of aromatic nitrogens is 2. The summed E-state index contributed by atoms with van der Waals surface area (Å²) in [4.78, 5) is 5.64. The van der Waals surface area contributed by atoms with Gasteiger partial charge in [-0.1, -0.05) is 6.07 Å². The fraction of sp³-hybridized carbons (Fsp3) is 0.333. The molecular weight excluding hydrogens is 250 g/mol. The van der Waals surface area contributed by atoms with Gasteiger partial charge in [-0.25, -0.2) is 4.98 Å². The monoisotopic (exact) mass is 270 g/mol. The number of nitrogens with one attached hydrogen (secondary N) is 1. The summed E-state index contributed by atoms with van der Waals surface area (Å²) in [5, 5.41) is 6.70. The zero-order valence-corrected chi connectivity index (χ0v) is 11.7. The first kappa shape index (κ1) is 12.7. The second-order valence-electron chi connectivity index (χ2n) is 4.98. The van der Waals surface area contributed by atoms with Gasteiger partial charge in [0.25, 0.3) is 5.82 Å². The van der Waals surface area contributed by atoms with Gasteiger partial charge < -0.3 is 4.57 Å². The molecule has 0 unspecified atom stereocenters. The van der Waals surface area contributed by atoms with E-state index in [0.717, 1.165) is 31.9 Å². The van der Waals surface area contributed by atoms with Crippen molar-refractivity contribution in [2.45, 2.75) is 0 Å². The van der Waals surface area contributed by atoms with Crippen molar-refractivity contribution in [2.24, 2.45) is 12.1 Å². The van der Waals surface area contributed by atoms with Gasteiger partial charge in [0, 0.05) is 19.3 Å². The van der Waals surface area contributed by atoms with E-state index in [-0.39, 0.29) is 0 Å². The SMILES string of the molecule is Cn1cccc1/C=N\N1CCN(c2cccc[nH+]2)CC1. The third-order valence-corrected chi connectivity index (χ3v) is 3.63. The van der Waals surface area contributed by atoms with Gasteiger partial charge in [0.2, 0.25) is 0 Å². The molecule has 0 aromatic carbocycles. The van der Waals surface area contributed by atoms with Gasteiger partial charge in [-0.05, 0) is 18.2 Å². The summed E-state index contributed by atoms with van der Waals surface area (Å²) in [7, 11) is 2.03. The van der Waals surface area contributed by atoms with Crippen LogP contribution in [-0.4, -0.2) is 42.0 Å². The van der Waals surface area contributed by atoms with E-state index in [1.807, 2.05) is 37.8 Å². The van der Waals surface area contributed by atoms with Crippen LogP contribution in [-0.2, 0) is 7.05 Å². The van der Waals surface area contributed by atoms with E-state index in [2.05, 4.69) is 42.8 Å². The molecule has 2 aromatic rings. The normalized spacial score (nSPS) is 16.1. The number of aromatic amines is 1. The van der Waals surface area contributed by atoms with E-state index in [1.54, 1.807) is 0 Å². The second-order valence-corrected chi connectivity index (χ2v) is 4.98. The molecule has 20 heavy (non-hydrogen) atoms. The highest BCUT2D eigenvalue weighted by molar-refractivity contribution is 5.77. The number of rotatable bonds is 3. The van der Waals surface area contributed by atoms with E-state index in [0.29, 0.717) is 0 Å². The first-order valence-corrected chi connectivity index (χ1v) is 6.95. The molecule has 0 bridgehead atoms. The summed E-state index contributed by atoms with van der Waals surface area (Å²) in [6, 6.07) is 10.3. The lowest BCUT2D eigenvalue weighted by molar-refractivity contribution is -0.364. The molecular formula is C15H20N5+. The Bertz CT molecular complexity index is 567. The fourth-order valence-electron chi connectivity index (χ4n) is 2.38. The van der Waals surface area contributed by atoms with E-state index in [9.17, 15) is 0 Å². The molecule has 0 spiro atoms. The molecule has 0 aliphatic carbocycles. The molecule has 0 amide bonds. The average Bonchev–Trinajstić information content (AvgIpc) is 2.92. The Morgan fingerprint density at radius 3 is 2.60 bits per heavy atom. The van der Waals surface area contributed by atoms with Gasteiger partial charge >= 0.3 is 0 Å². The Kier molecular flexibility index (Phi) is 3.67. The van der Waals surface area contributed by atoms with Crippen molar-refractivity contribution in [2.75, 3.05) is 31.1 Å². The maximum atomic E-state index is 4.57. The van der Waals surface area contributed by atoms with Crippen LogP contribution in [0.2, 0.25) is 0 Å². The van der Waals surface area contributed by atoms with Crippen LogP contribution in [0.15, 0.2) is 47.8 Å². The van der Waals surface area contributed by atoms with Gasteiger partial charge in [-0.3, -0.25) is 9.91 Å². The lowest BCUT2D eigenvalue weighted by Crippen LogP contribution is -2.45. The molecule has 1 aliphatic heterocycles. The van der Waals surface area contributed by atoms with Gasteiger partial charge in [-0.2, -0.15) is 5.10 Å². The highest BCUT2D eigenvalue weighted by atomic mass is 15.5. The summed E-state index contributed by atoms with van der Waals surface area (Å²) in [6.07, 6.45) is 5.93. The van der Waals surface area contributed by atoms with Crippen LogP contribution in [0.3, 0.4) is 0 Å². The molecule has 1 N–H and O–H groups in total. The van der Waals surface area contributed by atoms with E-state index >= 15 is 0 Å². The minimum absolute atomic E-state index is 0.948. The summed E-state index contributed by atoms with van der Waals surface area (Å²) >= 11 is 0. The topological polar surface area (TPSA) is 37.9 Å². The highest BCUT2D eigenvalue weighted by Gasteiger charge is 2.21. The number of aryl methyl sites for hydroxylation is 1. The first-order chi connectivity index (χ1) is 9.83. The molecule has 5 heteroatoms. The molecule has 0 radical (unpaired) electrons. The maximum absolute atomic E-state index is 4.57. The maximum Gasteiger partial charge on any atom is 0.274 e. The molecule has 3 heterocycles. The number of H-pyrrole nitrogens is 1. The van der Waals surface area contributed by atoms with E-state index in [1.165, 1.54) is 5.82 Å². The fourth-order valence-corrected chi connectivity index (χ4v) is 2.38. The number of hydrazone groups is 1. The summed E-state index contributed by atoms with van der Waals surface area (Å²) < 4.78 is 2.07. The van der Waals surface area contributed by atoms with Gasteiger partial charge in [-0.15, -0.1) is 0 Å². The molecule has 1 aliphatic rings.